The number of hydrogen-bond donors (Lipinski definition) is 3. The van der Waals surface area contributed by atoms with Crippen LogP contribution in [0.3, 0.4) is 0 Å². The van der Waals surface area contributed by atoms with E-state index in [-0.39, 0.29) is 30.6 Å². The highest BCUT2D eigenvalue weighted by Crippen LogP contribution is 2.62. The minimum atomic E-state index is -1.22. The van der Waals surface area contributed by atoms with Gasteiger partial charge in [-0.3, -0.25) is 4.79 Å². The van der Waals surface area contributed by atoms with Crippen LogP contribution in [-0.2, 0) is 19.1 Å². The molecule has 9 nitrogen and oxygen atoms in total. The summed E-state index contributed by atoms with van der Waals surface area (Å²) < 4.78 is 16.8. The van der Waals surface area contributed by atoms with E-state index < -0.39 is 47.6 Å². The average Bonchev–Trinajstić information content (AvgIpc) is 2.92. The van der Waals surface area contributed by atoms with Gasteiger partial charge in [-0.05, 0) is 80.0 Å². The molecule has 2 bridgehead atoms. The van der Waals surface area contributed by atoms with Crippen LogP contribution in [0.15, 0.2) is 36.0 Å². The van der Waals surface area contributed by atoms with E-state index in [2.05, 4.69) is 25.6 Å². The first-order chi connectivity index (χ1) is 18.7. The van der Waals surface area contributed by atoms with Gasteiger partial charge in [0, 0.05) is 16.3 Å². The summed E-state index contributed by atoms with van der Waals surface area (Å²) in [5.41, 5.74) is -0.592. The third-order valence-corrected chi connectivity index (χ3v) is 10.3. The summed E-state index contributed by atoms with van der Waals surface area (Å²) in [6.45, 7) is 13.3. The van der Waals surface area contributed by atoms with Gasteiger partial charge in [-0.25, -0.2) is 4.79 Å². The summed E-state index contributed by atoms with van der Waals surface area (Å²) in [4.78, 5) is 25.3. The number of ether oxygens (including phenoxy) is 2. The van der Waals surface area contributed by atoms with E-state index in [1.54, 1.807) is 24.3 Å². The number of ketones is 1. The van der Waals surface area contributed by atoms with Crippen molar-refractivity contribution in [2.45, 2.75) is 85.0 Å². The zero-order valence-corrected chi connectivity index (χ0v) is 24.1. The Bertz CT molecular complexity index is 1170. The molecule has 0 amide bonds. The average molecular weight is 555 g/mol. The van der Waals surface area contributed by atoms with Crippen LogP contribution in [0.4, 0.5) is 0 Å². The number of benzene rings is 1. The minimum Gasteiger partial charge on any atom is -0.482 e. The molecule has 3 N–H and O–H groups in total. The molecule has 40 heavy (non-hydrogen) atoms. The summed E-state index contributed by atoms with van der Waals surface area (Å²) in [6.07, 6.45) is 3.52. The first kappa shape index (κ1) is 30.3. The van der Waals surface area contributed by atoms with Crippen molar-refractivity contribution in [2.24, 2.45) is 33.2 Å². The van der Waals surface area contributed by atoms with Crippen LogP contribution in [0, 0.1) is 28.1 Å². The van der Waals surface area contributed by atoms with Gasteiger partial charge >= 0.3 is 13.1 Å². The van der Waals surface area contributed by atoms with Crippen molar-refractivity contribution in [2.75, 3.05) is 6.61 Å². The maximum atomic E-state index is 13.2. The largest absolute Gasteiger partial charge is 0.583 e. The molecule has 2 saturated carbocycles. The van der Waals surface area contributed by atoms with E-state index in [1.165, 1.54) is 13.1 Å². The fourth-order valence-electron chi connectivity index (χ4n) is 7.11. The quantitative estimate of drug-likeness (QED) is 0.253. The number of carbonyl (C=O) groups excluding carboxylic acids is 2. The number of rotatable bonds is 8. The lowest BCUT2D eigenvalue weighted by atomic mass is 9.47. The second-order valence-corrected chi connectivity index (χ2v) is 12.7. The summed E-state index contributed by atoms with van der Waals surface area (Å²) in [6, 6.07) is 5.00. The maximum Gasteiger partial charge on any atom is 0.583 e. The van der Waals surface area contributed by atoms with Crippen molar-refractivity contribution >= 4 is 30.5 Å². The maximum absolute atomic E-state index is 13.2. The van der Waals surface area contributed by atoms with E-state index in [9.17, 15) is 24.8 Å². The highest BCUT2D eigenvalue weighted by atomic mass is 16.6. The van der Waals surface area contributed by atoms with Crippen molar-refractivity contribution < 1.29 is 39.1 Å². The second kappa shape index (κ2) is 11.3. The number of oxime groups is 1. The number of aliphatic hydroxyl groups excluding tert-OH is 2. The molecule has 0 radical (unpaired) electrons. The Morgan fingerprint density at radius 3 is 2.73 bits per heavy atom. The van der Waals surface area contributed by atoms with Crippen LogP contribution in [0.5, 0.6) is 5.75 Å². The molecule has 2 fully saturated rings. The molecule has 0 aromatic heterocycles. The molecule has 1 aromatic carbocycles. The summed E-state index contributed by atoms with van der Waals surface area (Å²) in [7, 11) is -1.22. The summed E-state index contributed by atoms with van der Waals surface area (Å²) in [5, 5.41) is 36.0. The van der Waals surface area contributed by atoms with E-state index in [0.717, 1.165) is 12.8 Å². The molecule has 3 aliphatic rings. The lowest BCUT2D eigenvalue weighted by Crippen LogP contribution is -2.59. The SMILES string of the molecule is C=C[C@]1(C)C[C@@H](OC(=O)COc2ccc3c(c2)B(O)ON=C3)[C@@]2(C)C[C@](C[C@H](O)C(C)=O)(CC[C@H]2C)[C@@H](C)[C@@H]1O. The molecule has 2 aliphatic carbocycles. The first-order valence-electron chi connectivity index (χ1n) is 14.1. The van der Waals surface area contributed by atoms with Crippen LogP contribution >= 0.6 is 0 Å². The van der Waals surface area contributed by atoms with Gasteiger partial charge in [0.15, 0.2) is 12.4 Å². The lowest BCUT2D eigenvalue weighted by Gasteiger charge is -2.60. The van der Waals surface area contributed by atoms with E-state index in [1.807, 2.05) is 13.8 Å². The van der Waals surface area contributed by atoms with Gasteiger partial charge in [0.25, 0.3) is 0 Å². The number of aliphatic hydroxyl groups is 2. The van der Waals surface area contributed by atoms with Crippen molar-refractivity contribution in [3.8, 4) is 5.75 Å². The molecule has 1 aromatic rings. The number of esters is 1. The normalized spacial score (nSPS) is 35.9. The Labute approximate surface area is 236 Å². The third-order valence-electron chi connectivity index (χ3n) is 10.3. The van der Waals surface area contributed by atoms with Crippen LogP contribution in [-0.4, -0.2) is 65.2 Å². The Morgan fingerprint density at radius 2 is 2.05 bits per heavy atom. The van der Waals surface area contributed by atoms with Crippen molar-refractivity contribution in [3.63, 3.8) is 0 Å². The predicted molar refractivity (Wildman–Crippen MR) is 151 cm³/mol. The van der Waals surface area contributed by atoms with Gasteiger partial charge in [0.2, 0.25) is 0 Å². The molecular formula is C30H42BNO8. The predicted octanol–water partition coefficient (Wildman–Crippen LogP) is 2.77. The van der Waals surface area contributed by atoms with Crippen molar-refractivity contribution in [3.05, 3.63) is 36.4 Å². The van der Waals surface area contributed by atoms with Crippen LogP contribution < -0.4 is 10.2 Å². The Kier molecular flexibility index (Phi) is 8.55. The number of hydrogen-bond acceptors (Lipinski definition) is 9. The highest BCUT2D eigenvalue weighted by molar-refractivity contribution is 6.62. The summed E-state index contributed by atoms with van der Waals surface area (Å²) >= 11 is 0. The molecule has 0 saturated heterocycles. The number of carbonyl (C=O) groups is 2. The monoisotopic (exact) mass is 555 g/mol. The molecule has 218 valence electrons. The summed E-state index contributed by atoms with van der Waals surface area (Å²) in [5.74, 6) is -0.498. The van der Waals surface area contributed by atoms with E-state index in [0.29, 0.717) is 29.6 Å². The highest BCUT2D eigenvalue weighted by Gasteiger charge is 2.59. The Hall–Kier alpha value is -2.69. The van der Waals surface area contributed by atoms with Gasteiger partial charge in [0.05, 0.1) is 12.3 Å². The van der Waals surface area contributed by atoms with Crippen LogP contribution in [0.1, 0.15) is 72.3 Å². The molecule has 1 heterocycles. The molecule has 8 atom stereocenters. The van der Waals surface area contributed by atoms with Gasteiger partial charge in [-0.2, -0.15) is 0 Å². The molecule has 1 aliphatic heterocycles. The van der Waals surface area contributed by atoms with Gasteiger partial charge in [-0.15, -0.1) is 11.7 Å². The number of fused-ring (bicyclic) bond motifs is 3. The lowest BCUT2D eigenvalue weighted by molar-refractivity contribution is -0.193. The standard InChI is InChI=1S/C30H42BNO8/c1-7-28(5)14-25(39-26(35)16-38-22-9-8-21-15-32-40-31(37)23(21)12-22)29(6)17-30(11-10-18(29)2,19(3)27(28)36)13-24(34)20(4)33/h7-9,12,15,18-19,24-25,27,34,36-37H,1,10-11,13-14,16-17H2,2-6H3/t18-,19+,24+,25-,27+,28-,29+,30-/m1/s1. The molecule has 0 unspecified atom stereocenters. The number of nitrogens with zero attached hydrogens (tertiary/aromatic N) is 1. The van der Waals surface area contributed by atoms with Crippen molar-refractivity contribution in [1.29, 1.82) is 0 Å². The smallest absolute Gasteiger partial charge is 0.482 e. The molecule has 0 spiro atoms. The third kappa shape index (κ3) is 5.58. The van der Waals surface area contributed by atoms with E-state index >= 15 is 0 Å². The zero-order valence-electron chi connectivity index (χ0n) is 24.1. The second-order valence-electron chi connectivity index (χ2n) is 12.7. The fourth-order valence-corrected chi connectivity index (χ4v) is 7.11. The minimum absolute atomic E-state index is 0.189. The topological polar surface area (TPSA) is 135 Å². The van der Waals surface area contributed by atoms with Gasteiger partial charge in [0.1, 0.15) is 18.0 Å². The van der Waals surface area contributed by atoms with Gasteiger partial charge < -0.3 is 29.5 Å². The van der Waals surface area contributed by atoms with Crippen molar-refractivity contribution in [1.82, 2.24) is 0 Å². The first-order valence-corrected chi connectivity index (χ1v) is 14.1. The molecule has 10 heteroatoms. The van der Waals surface area contributed by atoms with Gasteiger partial charge in [-0.1, -0.05) is 33.8 Å². The fraction of sp³-hybridized carbons (Fsp3) is 0.633. The van der Waals surface area contributed by atoms with Crippen LogP contribution in [0.2, 0.25) is 0 Å². The zero-order chi connectivity index (χ0) is 29.5. The molecular weight excluding hydrogens is 513 g/mol. The van der Waals surface area contributed by atoms with Crippen LogP contribution in [0.25, 0.3) is 0 Å². The number of Topliss-reactive ketones (excluding diaryl/α,β-unsaturated/α-hetero) is 1. The van der Waals surface area contributed by atoms with E-state index in [4.69, 9.17) is 14.2 Å². The Morgan fingerprint density at radius 1 is 1.32 bits per heavy atom. The molecule has 4 rings (SSSR count). The Balaban J connectivity index is 1.59.